The molecule has 0 saturated carbocycles. The van der Waals surface area contributed by atoms with E-state index in [0.29, 0.717) is 19.6 Å². The Labute approximate surface area is 98.0 Å². The second kappa shape index (κ2) is 4.31. The maximum atomic E-state index is 9.86. The van der Waals surface area contributed by atoms with Crippen molar-refractivity contribution in [2.24, 2.45) is 0 Å². The number of nitrogens with zero attached hydrogens (tertiary/aromatic N) is 2. The molecule has 0 aromatic carbocycles. The molecular weight excluding hydrogens is 220 g/mol. The Balaban J connectivity index is 1.86. The van der Waals surface area contributed by atoms with Gasteiger partial charge < -0.3 is 20.1 Å². The van der Waals surface area contributed by atoms with Gasteiger partial charge in [-0.3, -0.25) is 0 Å². The molecule has 0 spiro atoms. The van der Waals surface area contributed by atoms with Crippen LogP contribution in [0.25, 0.3) is 11.0 Å². The molecule has 1 saturated heterocycles. The normalized spacial score (nSPS) is 25.0. The van der Waals surface area contributed by atoms with Crippen LogP contribution in [0, 0.1) is 0 Å². The maximum absolute atomic E-state index is 9.86. The predicted molar refractivity (Wildman–Crippen MR) is 62.7 cm³/mol. The highest BCUT2D eigenvalue weighted by Crippen LogP contribution is 2.20. The quantitative estimate of drug-likeness (QED) is 0.705. The van der Waals surface area contributed by atoms with Crippen molar-refractivity contribution in [1.82, 2.24) is 15.0 Å². The highest BCUT2D eigenvalue weighted by molar-refractivity contribution is 5.86. The fourth-order valence-corrected chi connectivity index (χ4v) is 2.03. The van der Waals surface area contributed by atoms with Crippen molar-refractivity contribution in [2.45, 2.75) is 18.6 Å². The lowest BCUT2D eigenvalue weighted by Gasteiger charge is -2.28. The summed E-state index contributed by atoms with van der Waals surface area (Å²) >= 11 is 0. The summed E-state index contributed by atoms with van der Waals surface area (Å²) < 4.78 is 5.34. The minimum Gasteiger partial charge on any atom is -0.391 e. The molecular formula is C11H14N4O2. The third-order valence-electron chi connectivity index (χ3n) is 3.00. The van der Waals surface area contributed by atoms with E-state index in [-0.39, 0.29) is 6.04 Å². The van der Waals surface area contributed by atoms with Crippen molar-refractivity contribution in [3.8, 4) is 0 Å². The summed E-state index contributed by atoms with van der Waals surface area (Å²) in [4.78, 5) is 11.3. The van der Waals surface area contributed by atoms with Gasteiger partial charge in [-0.1, -0.05) is 0 Å². The van der Waals surface area contributed by atoms with Gasteiger partial charge in [0.2, 0.25) is 0 Å². The van der Waals surface area contributed by atoms with Gasteiger partial charge in [0, 0.05) is 12.8 Å². The van der Waals surface area contributed by atoms with Crippen LogP contribution in [0.5, 0.6) is 0 Å². The lowest BCUT2D eigenvalue weighted by molar-refractivity contribution is 0.00308. The van der Waals surface area contributed by atoms with Crippen molar-refractivity contribution in [3.63, 3.8) is 0 Å². The molecule has 6 nitrogen and oxygen atoms in total. The van der Waals surface area contributed by atoms with Gasteiger partial charge >= 0.3 is 0 Å². The van der Waals surface area contributed by atoms with E-state index >= 15 is 0 Å². The SMILES string of the molecule is O[C@@H]1CCOC[C@H]1Nc1ncnc2[nH]ccc12. The smallest absolute Gasteiger partial charge is 0.142 e. The predicted octanol–water partition coefficient (Wildman–Crippen LogP) is 0.520. The molecule has 6 heteroatoms. The first kappa shape index (κ1) is 10.5. The van der Waals surface area contributed by atoms with E-state index < -0.39 is 6.10 Å². The van der Waals surface area contributed by atoms with Crippen LogP contribution in [0.15, 0.2) is 18.6 Å². The first-order valence-electron chi connectivity index (χ1n) is 5.65. The number of hydrogen-bond donors (Lipinski definition) is 3. The molecule has 1 aliphatic rings. The fourth-order valence-electron chi connectivity index (χ4n) is 2.03. The van der Waals surface area contributed by atoms with Gasteiger partial charge in [-0.15, -0.1) is 0 Å². The average molecular weight is 234 g/mol. The van der Waals surface area contributed by atoms with Crippen LogP contribution in [0.3, 0.4) is 0 Å². The van der Waals surface area contributed by atoms with Crippen LogP contribution in [-0.4, -0.2) is 45.4 Å². The molecule has 3 heterocycles. The Kier molecular flexibility index (Phi) is 2.66. The lowest BCUT2D eigenvalue weighted by Crippen LogP contribution is -2.42. The molecule has 1 fully saturated rings. The molecule has 0 amide bonds. The van der Waals surface area contributed by atoms with Crippen LogP contribution in [0.1, 0.15) is 6.42 Å². The first-order chi connectivity index (χ1) is 8.34. The monoisotopic (exact) mass is 234 g/mol. The number of aromatic amines is 1. The first-order valence-corrected chi connectivity index (χ1v) is 5.65. The van der Waals surface area contributed by atoms with E-state index in [4.69, 9.17) is 4.74 Å². The van der Waals surface area contributed by atoms with Crippen LogP contribution < -0.4 is 5.32 Å². The number of rotatable bonds is 2. The van der Waals surface area contributed by atoms with E-state index in [0.717, 1.165) is 16.9 Å². The van der Waals surface area contributed by atoms with Gasteiger partial charge in [-0.05, 0) is 12.5 Å². The maximum Gasteiger partial charge on any atom is 0.142 e. The Morgan fingerprint density at radius 1 is 1.47 bits per heavy atom. The highest BCUT2D eigenvalue weighted by atomic mass is 16.5. The Morgan fingerprint density at radius 3 is 3.29 bits per heavy atom. The van der Waals surface area contributed by atoms with Crippen molar-refractivity contribution in [2.75, 3.05) is 18.5 Å². The molecule has 3 rings (SSSR count). The minimum atomic E-state index is -0.396. The number of aliphatic hydroxyl groups excluding tert-OH is 1. The third-order valence-corrected chi connectivity index (χ3v) is 3.00. The minimum absolute atomic E-state index is 0.114. The van der Waals surface area contributed by atoms with Gasteiger partial charge in [0.15, 0.2) is 0 Å². The molecule has 3 N–H and O–H groups in total. The van der Waals surface area contributed by atoms with E-state index in [9.17, 15) is 5.11 Å². The van der Waals surface area contributed by atoms with E-state index in [1.807, 2.05) is 12.3 Å². The van der Waals surface area contributed by atoms with E-state index in [1.54, 1.807) is 0 Å². The molecule has 0 aliphatic carbocycles. The number of anilines is 1. The Morgan fingerprint density at radius 2 is 2.41 bits per heavy atom. The molecule has 2 atom stereocenters. The molecule has 1 aliphatic heterocycles. The van der Waals surface area contributed by atoms with Gasteiger partial charge in [0.1, 0.15) is 17.8 Å². The summed E-state index contributed by atoms with van der Waals surface area (Å²) in [6, 6.07) is 1.80. The summed E-state index contributed by atoms with van der Waals surface area (Å²) in [7, 11) is 0. The van der Waals surface area contributed by atoms with Gasteiger partial charge in [0.05, 0.1) is 24.1 Å². The summed E-state index contributed by atoms with van der Waals surface area (Å²) in [5.74, 6) is 0.728. The molecule has 2 aromatic rings. The largest absolute Gasteiger partial charge is 0.391 e. The topological polar surface area (TPSA) is 83.1 Å². The molecule has 90 valence electrons. The Bertz CT molecular complexity index is 513. The second-order valence-electron chi connectivity index (χ2n) is 4.14. The van der Waals surface area contributed by atoms with Crippen LogP contribution in [0.2, 0.25) is 0 Å². The molecule has 0 unspecified atom stereocenters. The zero-order chi connectivity index (χ0) is 11.7. The molecule has 17 heavy (non-hydrogen) atoms. The summed E-state index contributed by atoms with van der Waals surface area (Å²) in [6.07, 6.45) is 3.57. The number of aromatic nitrogens is 3. The number of nitrogens with one attached hydrogen (secondary N) is 2. The van der Waals surface area contributed by atoms with Crippen LogP contribution >= 0.6 is 0 Å². The number of hydrogen-bond acceptors (Lipinski definition) is 5. The third kappa shape index (κ3) is 1.96. The fraction of sp³-hybridized carbons (Fsp3) is 0.455. The second-order valence-corrected chi connectivity index (χ2v) is 4.14. The highest BCUT2D eigenvalue weighted by Gasteiger charge is 2.24. The van der Waals surface area contributed by atoms with Gasteiger partial charge in [-0.2, -0.15) is 0 Å². The standard InChI is InChI=1S/C11H14N4O2/c16-9-2-4-17-5-8(9)15-11-7-1-3-12-10(7)13-6-14-11/h1,3,6,8-9,16H,2,4-5H2,(H2,12,13,14,15)/t8-,9-/m1/s1. The van der Waals surface area contributed by atoms with Crippen LogP contribution in [-0.2, 0) is 4.74 Å². The number of ether oxygens (including phenoxy) is 1. The number of aliphatic hydroxyl groups is 1. The average Bonchev–Trinajstić information content (AvgIpc) is 2.81. The zero-order valence-electron chi connectivity index (χ0n) is 9.26. The van der Waals surface area contributed by atoms with Crippen molar-refractivity contribution in [3.05, 3.63) is 18.6 Å². The van der Waals surface area contributed by atoms with Crippen LogP contribution in [0.4, 0.5) is 5.82 Å². The van der Waals surface area contributed by atoms with Gasteiger partial charge in [0.25, 0.3) is 0 Å². The number of H-pyrrole nitrogens is 1. The van der Waals surface area contributed by atoms with Crippen molar-refractivity contribution in [1.29, 1.82) is 0 Å². The molecule has 0 bridgehead atoms. The van der Waals surface area contributed by atoms with Crippen molar-refractivity contribution >= 4 is 16.9 Å². The Hall–Kier alpha value is -1.66. The van der Waals surface area contributed by atoms with E-state index in [2.05, 4.69) is 20.3 Å². The summed E-state index contributed by atoms with van der Waals surface area (Å²) in [5.41, 5.74) is 0.786. The summed E-state index contributed by atoms with van der Waals surface area (Å²) in [6.45, 7) is 1.11. The van der Waals surface area contributed by atoms with Gasteiger partial charge in [-0.25, -0.2) is 9.97 Å². The summed E-state index contributed by atoms with van der Waals surface area (Å²) in [5, 5.41) is 14.0. The zero-order valence-corrected chi connectivity index (χ0v) is 9.26. The van der Waals surface area contributed by atoms with Crippen molar-refractivity contribution < 1.29 is 9.84 Å². The molecule has 2 aromatic heterocycles. The lowest BCUT2D eigenvalue weighted by atomic mass is 10.1. The molecule has 0 radical (unpaired) electrons. The number of fused-ring (bicyclic) bond motifs is 1. The van der Waals surface area contributed by atoms with E-state index in [1.165, 1.54) is 6.33 Å².